The zero-order chi connectivity index (χ0) is 10.7. The number of nitrogens with zero attached hydrogens (tertiary/aromatic N) is 1. The van der Waals surface area contributed by atoms with Gasteiger partial charge in [-0.3, -0.25) is 10.1 Å². The molecule has 1 aromatic carbocycles. The number of rotatable bonds is 2. The Morgan fingerprint density at radius 1 is 1.13 bits per heavy atom. The van der Waals surface area contributed by atoms with Crippen LogP contribution in [0.4, 0.5) is 0 Å². The van der Waals surface area contributed by atoms with E-state index in [-0.39, 0.29) is 16.9 Å². The predicted molar refractivity (Wildman–Crippen MR) is 58.4 cm³/mol. The Hall–Kier alpha value is -1.38. The van der Waals surface area contributed by atoms with Gasteiger partial charge in [-0.05, 0) is 18.4 Å². The van der Waals surface area contributed by atoms with Gasteiger partial charge in [0.25, 0.3) is 0 Å². The van der Waals surface area contributed by atoms with Crippen molar-refractivity contribution in [1.29, 1.82) is 0 Å². The number of benzene rings is 1. The van der Waals surface area contributed by atoms with Gasteiger partial charge in [-0.1, -0.05) is 36.8 Å². The second kappa shape index (κ2) is 4.43. The summed E-state index contributed by atoms with van der Waals surface area (Å²) in [5.74, 6) is 0.120. The molecule has 0 heterocycles. The summed E-state index contributed by atoms with van der Waals surface area (Å²) in [6, 6.07) is 9.51. The maximum atomic E-state index is 10.9. The van der Waals surface area contributed by atoms with Crippen LogP contribution in [0.15, 0.2) is 30.3 Å². The van der Waals surface area contributed by atoms with E-state index in [4.69, 9.17) is 0 Å². The summed E-state index contributed by atoms with van der Waals surface area (Å²) in [5, 5.41) is 10.9. The van der Waals surface area contributed by atoms with E-state index in [0.29, 0.717) is 0 Å². The minimum atomic E-state index is -0.374. The molecule has 0 aromatic heterocycles. The predicted octanol–water partition coefficient (Wildman–Crippen LogP) is 2.99. The molecule has 0 N–H and O–H groups in total. The third-order valence-electron chi connectivity index (χ3n) is 3.23. The number of nitro groups is 1. The summed E-state index contributed by atoms with van der Waals surface area (Å²) < 4.78 is 0. The van der Waals surface area contributed by atoms with Gasteiger partial charge in [0, 0.05) is 11.3 Å². The van der Waals surface area contributed by atoms with Gasteiger partial charge in [-0.15, -0.1) is 0 Å². The Kier molecular flexibility index (Phi) is 2.99. The molecular weight excluding hydrogens is 190 g/mol. The molecule has 2 rings (SSSR count). The highest BCUT2D eigenvalue weighted by Crippen LogP contribution is 2.34. The molecule has 1 fully saturated rings. The second-order valence-corrected chi connectivity index (χ2v) is 4.15. The van der Waals surface area contributed by atoms with E-state index in [1.807, 2.05) is 30.3 Å². The standard InChI is InChI=1S/C12H15NO2/c14-13(15)12-9-5-4-8-11(12)10-6-2-1-3-7-10/h1-3,6-7,11-12H,4-5,8-9H2/t11-,12-/m1/s1. The Morgan fingerprint density at radius 3 is 2.47 bits per heavy atom. The van der Waals surface area contributed by atoms with Crippen molar-refractivity contribution in [2.75, 3.05) is 0 Å². The Bertz CT molecular complexity index is 337. The zero-order valence-electron chi connectivity index (χ0n) is 8.63. The molecule has 3 heteroatoms. The topological polar surface area (TPSA) is 43.1 Å². The lowest BCUT2D eigenvalue weighted by Crippen LogP contribution is -2.30. The minimum absolute atomic E-state index is 0.100. The highest BCUT2D eigenvalue weighted by molar-refractivity contribution is 5.21. The maximum absolute atomic E-state index is 10.9. The van der Waals surface area contributed by atoms with Gasteiger partial charge in [-0.2, -0.15) is 0 Å². The molecule has 0 saturated heterocycles. The zero-order valence-corrected chi connectivity index (χ0v) is 8.63. The van der Waals surface area contributed by atoms with Crippen molar-refractivity contribution in [3.8, 4) is 0 Å². The van der Waals surface area contributed by atoms with Crippen LogP contribution in [0.3, 0.4) is 0 Å². The minimum Gasteiger partial charge on any atom is -0.264 e. The Labute approximate surface area is 89.3 Å². The quantitative estimate of drug-likeness (QED) is 0.550. The smallest absolute Gasteiger partial charge is 0.219 e. The third-order valence-corrected chi connectivity index (χ3v) is 3.23. The molecule has 1 aliphatic rings. The maximum Gasteiger partial charge on any atom is 0.219 e. The average molecular weight is 205 g/mol. The molecule has 1 saturated carbocycles. The van der Waals surface area contributed by atoms with Gasteiger partial charge < -0.3 is 0 Å². The van der Waals surface area contributed by atoms with Crippen LogP contribution >= 0.6 is 0 Å². The van der Waals surface area contributed by atoms with Gasteiger partial charge >= 0.3 is 0 Å². The number of hydrogen-bond donors (Lipinski definition) is 0. The van der Waals surface area contributed by atoms with Crippen molar-refractivity contribution >= 4 is 0 Å². The van der Waals surface area contributed by atoms with Crippen LogP contribution in [0, 0.1) is 10.1 Å². The molecule has 1 aromatic rings. The fourth-order valence-corrected chi connectivity index (χ4v) is 2.45. The fraction of sp³-hybridized carbons (Fsp3) is 0.500. The van der Waals surface area contributed by atoms with Crippen LogP contribution in [0.2, 0.25) is 0 Å². The lowest BCUT2D eigenvalue weighted by atomic mass is 9.80. The van der Waals surface area contributed by atoms with Crippen molar-refractivity contribution in [2.45, 2.75) is 37.6 Å². The van der Waals surface area contributed by atoms with E-state index in [0.717, 1.165) is 31.2 Å². The fourth-order valence-electron chi connectivity index (χ4n) is 2.45. The highest BCUT2D eigenvalue weighted by atomic mass is 16.6. The first-order valence-corrected chi connectivity index (χ1v) is 5.47. The molecule has 0 aliphatic heterocycles. The Balaban J connectivity index is 2.22. The van der Waals surface area contributed by atoms with Gasteiger partial charge in [0.1, 0.15) is 0 Å². The first kappa shape index (κ1) is 10.1. The summed E-state index contributed by atoms with van der Waals surface area (Å²) >= 11 is 0. The first-order chi connectivity index (χ1) is 7.29. The summed E-state index contributed by atoms with van der Waals surface area (Å²) in [6.07, 6.45) is 3.79. The van der Waals surface area contributed by atoms with E-state index in [2.05, 4.69) is 0 Å². The molecule has 3 nitrogen and oxygen atoms in total. The monoisotopic (exact) mass is 205 g/mol. The molecule has 1 aliphatic carbocycles. The van der Waals surface area contributed by atoms with Crippen molar-refractivity contribution in [3.05, 3.63) is 46.0 Å². The lowest BCUT2D eigenvalue weighted by molar-refractivity contribution is -0.530. The molecule has 2 atom stereocenters. The van der Waals surface area contributed by atoms with E-state index < -0.39 is 0 Å². The first-order valence-electron chi connectivity index (χ1n) is 5.47. The van der Waals surface area contributed by atoms with Gasteiger partial charge in [0.2, 0.25) is 6.04 Å². The van der Waals surface area contributed by atoms with Crippen molar-refractivity contribution in [2.24, 2.45) is 0 Å². The lowest BCUT2D eigenvalue weighted by Gasteiger charge is -2.25. The molecule has 0 unspecified atom stereocenters. The highest BCUT2D eigenvalue weighted by Gasteiger charge is 2.34. The summed E-state index contributed by atoms with van der Waals surface area (Å²) in [7, 11) is 0. The van der Waals surface area contributed by atoms with Gasteiger partial charge in [0.15, 0.2) is 0 Å². The number of hydrogen-bond acceptors (Lipinski definition) is 2. The Morgan fingerprint density at radius 2 is 1.80 bits per heavy atom. The van der Waals surface area contributed by atoms with E-state index in [1.54, 1.807) is 0 Å². The molecule has 0 radical (unpaired) electrons. The van der Waals surface area contributed by atoms with E-state index in [9.17, 15) is 10.1 Å². The summed E-state index contributed by atoms with van der Waals surface area (Å²) in [6.45, 7) is 0. The molecule has 0 spiro atoms. The normalized spacial score (nSPS) is 26.1. The molecule has 0 amide bonds. The summed E-state index contributed by atoms with van der Waals surface area (Å²) in [4.78, 5) is 10.8. The van der Waals surface area contributed by atoms with Crippen LogP contribution in [0.1, 0.15) is 37.2 Å². The van der Waals surface area contributed by atoms with Crippen LogP contribution in [0.25, 0.3) is 0 Å². The van der Waals surface area contributed by atoms with Crippen LogP contribution in [0.5, 0.6) is 0 Å². The SMILES string of the molecule is O=[N+]([O-])[C@@H]1CCCC[C@@H]1c1ccccc1. The van der Waals surface area contributed by atoms with Crippen molar-refractivity contribution < 1.29 is 4.92 Å². The third kappa shape index (κ3) is 2.17. The average Bonchev–Trinajstić information content (AvgIpc) is 2.30. The van der Waals surface area contributed by atoms with E-state index in [1.165, 1.54) is 0 Å². The second-order valence-electron chi connectivity index (χ2n) is 4.15. The summed E-state index contributed by atoms with van der Waals surface area (Å²) in [5.41, 5.74) is 1.12. The molecule has 15 heavy (non-hydrogen) atoms. The van der Waals surface area contributed by atoms with Crippen molar-refractivity contribution in [3.63, 3.8) is 0 Å². The molecule has 0 bridgehead atoms. The van der Waals surface area contributed by atoms with Crippen LogP contribution in [-0.2, 0) is 0 Å². The largest absolute Gasteiger partial charge is 0.264 e. The van der Waals surface area contributed by atoms with Gasteiger partial charge in [-0.25, -0.2) is 0 Å². The molecule has 80 valence electrons. The van der Waals surface area contributed by atoms with E-state index >= 15 is 0 Å². The van der Waals surface area contributed by atoms with Crippen LogP contribution < -0.4 is 0 Å². The van der Waals surface area contributed by atoms with Crippen LogP contribution in [-0.4, -0.2) is 11.0 Å². The van der Waals surface area contributed by atoms with Gasteiger partial charge in [0.05, 0.1) is 5.92 Å². The van der Waals surface area contributed by atoms with Crippen molar-refractivity contribution in [1.82, 2.24) is 0 Å². The molecular formula is C12H15NO2.